The Labute approximate surface area is 87.5 Å². The molecule has 0 radical (unpaired) electrons. The average Bonchev–Trinajstić information content (AvgIpc) is 2.59. The zero-order valence-electron chi connectivity index (χ0n) is 8.41. The van der Waals surface area contributed by atoms with Gasteiger partial charge in [-0.15, -0.1) is 11.3 Å². The minimum atomic E-state index is -0.400. The second-order valence-corrected chi connectivity index (χ2v) is 4.03. The first-order chi connectivity index (χ1) is 6.65. The van der Waals surface area contributed by atoms with Crippen LogP contribution in [0.2, 0.25) is 0 Å². The summed E-state index contributed by atoms with van der Waals surface area (Å²) < 4.78 is 0. The lowest BCUT2D eigenvalue weighted by Gasteiger charge is -2.08. The van der Waals surface area contributed by atoms with Crippen LogP contribution in [0, 0.1) is 6.92 Å². The molecule has 3 N–H and O–H groups in total. The third kappa shape index (κ3) is 2.78. The van der Waals surface area contributed by atoms with Gasteiger partial charge in [-0.25, -0.2) is 4.98 Å². The highest BCUT2D eigenvalue weighted by molar-refractivity contribution is 7.09. The molecule has 0 bridgehead atoms. The molecular weight excluding hydrogens is 198 g/mol. The summed E-state index contributed by atoms with van der Waals surface area (Å²) >= 11 is 1.54. The molecule has 1 heterocycles. The number of nitrogens with one attached hydrogen (secondary N) is 1. The maximum absolute atomic E-state index is 11.3. The molecular formula is C9H15N3OS. The van der Waals surface area contributed by atoms with Gasteiger partial charge in [0.05, 0.1) is 23.8 Å². The van der Waals surface area contributed by atoms with Crippen LogP contribution in [0.15, 0.2) is 5.51 Å². The fraction of sp³-hybridized carbons (Fsp3) is 0.556. The Morgan fingerprint density at radius 1 is 1.79 bits per heavy atom. The summed E-state index contributed by atoms with van der Waals surface area (Å²) in [5.41, 5.74) is 8.32. The number of hydrogen-bond acceptors (Lipinski definition) is 4. The van der Waals surface area contributed by atoms with Crippen molar-refractivity contribution in [1.29, 1.82) is 0 Å². The molecule has 14 heavy (non-hydrogen) atoms. The molecule has 1 amide bonds. The van der Waals surface area contributed by atoms with E-state index in [-0.39, 0.29) is 5.91 Å². The van der Waals surface area contributed by atoms with Crippen LogP contribution in [-0.4, -0.2) is 16.9 Å². The van der Waals surface area contributed by atoms with E-state index >= 15 is 0 Å². The number of nitrogens with zero attached hydrogens (tertiary/aromatic N) is 1. The third-order valence-corrected chi connectivity index (χ3v) is 2.98. The summed E-state index contributed by atoms with van der Waals surface area (Å²) in [5, 5.41) is 2.78. The molecule has 4 nitrogen and oxygen atoms in total. The van der Waals surface area contributed by atoms with Gasteiger partial charge in [0.1, 0.15) is 0 Å². The van der Waals surface area contributed by atoms with Gasteiger partial charge in [-0.3, -0.25) is 4.79 Å². The smallest absolute Gasteiger partial charge is 0.237 e. The van der Waals surface area contributed by atoms with Gasteiger partial charge in [0.25, 0.3) is 0 Å². The second kappa shape index (κ2) is 5.07. The van der Waals surface area contributed by atoms with Crippen molar-refractivity contribution < 1.29 is 4.79 Å². The van der Waals surface area contributed by atoms with E-state index in [2.05, 4.69) is 10.3 Å². The zero-order chi connectivity index (χ0) is 10.6. The Bertz CT molecular complexity index is 311. The van der Waals surface area contributed by atoms with E-state index in [9.17, 15) is 4.79 Å². The van der Waals surface area contributed by atoms with E-state index in [0.29, 0.717) is 13.0 Å². The van der Waals surface area contributed by atoms with Gasteiger partial charge in [0, 0.05) is 4.88 Å². The molecule has 1 rings (SSSR count). The van der Waals surface area contributed by atoms with Gasteiger partial charge in [-0.1, -0.05) is 6.92 Å². The Morgan fingerprint density at radius 2 is 2.50 bits per heavy atom. The Balaban J connectivity index is 2.41. The first-order valence-corrected chi connectivity index (χ1v) is 5.45. The standard InChI is InChI=1S/C9H15N3OS/c1-3-7(10)9(13)11-4-8-6(2)12-5-14-8/h5,7H,3-4,10H2,1-2H3,(H,11,13)/t7-/m1/s1. The van der Waals surface area contributed by atoms with Crippen molar-refractivity contribution in [3.8, 4) is 0 Å². The molecule has 0 aromatic carbocycles. The van der Waals surface area contributed by atoms with Crippen LogP contribution in [0.5, 0.6) is 0 Å². The van der Waals surface area contributed by atoms with E-state index in [1.807, 2.05) is 13.8 Å². The normalized spacial score (nSPS) is 12.5. The second-order valence-electron chi connectivity index (χ2n) is 3.09. The number of rotatable bonds is 4. The molecule has 0 spiro atoms. The van der Waals surface area contributed by atoms with Crippen molar-refractivity contribution >= 4 is 17.2 Å². The van der Waals surface area contributed by atoms with Crippen LogP contribution in [0.3, 0.4) is 0 Å². The number of aryl methyl sites for hydroxylation is 1. The first-order valence-electron chi connectivity index (χ1n) is 4.57. The summed E-state index contributed by atoms with van der Waals surface area (Å²) in [6.45, 7) is 4.35. The minimum Gasteiger partial charge on any atom is -0.350 e. The molecule has 5 heteroatoms. The predicted octanol–water partition coefficient (Wildman–Crippen LogP) is 0.805. The number of amides is 1. The molecule has 1 aromatic heterocycles. The van der Waals surface area contributed by atoms with Crippen LogP contribution in [0.25, 0.3) is 0 Å². The molecule has 0 aliphatic carbocycles. The van der Waals surface area contributed by atoms with E-state index in [4.69, 9.17) is 5.73 Å². The number of aromatic nitrogens is 1. The monoisotopic (exact) mass is 213 g/mol. The minimum absolute atomic E-state index is 0.0969. The lowest BCUT2D eigenvalue weighted by molar-refractivity contribution is -0.122. The van der Waals surface area contributed by atoms with E-state index in [0.717, 1.165) is 10.6 Å². The number of nitrogens with two attached hydrogens (primary N) is 1. The molecule has 0 saturated carbocycles. The maximum atomic E-state index is 11.3. The molecule has 0 unspecified atom stereocenters. The van der Waals surface area contributed by atoms with Gasteiger partial charge in [0.15, 0.2) is 0 Å². The SMILES string of the molecule is CC[C@@H](N)C(=O)NCc1scnc1C. The largest absolute Gasteiger partial charge is 0.350 e. The van der Waals surface area contributed by atoms with E-state index in [1.165, 1.54) is 0 Å². The van der Waals surface area contributed by atoms with Gasteiger partial charge in [0.2, 0.25) is 5.91 Å². The van der Waals surface area contributed by atoms with Crippen molar-refractivity contribution in [2.24, 2.45) is 5.73 Å². The predicted molar refractivity (Wildman–Crippen MR) is 57.0 cm³/mol. The van der Waals surface area contributed by atoms with Crippen molar-refractivity contribution in [3.63, 3.8) is 0 Å². The average molecular weight is 213 g/mol. The van der Waals surface area contributed by atoms with Crippen LogP contribution in [0.1, 0.15) is 23.9 Å². The van der Waals surface area contributed by atoms with Crippen molar-refractivity contribution in [2.45, 2.75) is 32.9 Å². The summed E-state index contributed by atoms with van der Waals surface area (Å²) in [6.07, 6.45) is 0.660. The molecule has 0 saturated heterocycles. The van der Waals surface area contributed by atoms with Crippen molar-refractivity contribution in [1.82, 2.24) is 10.3 Å². The molecule has 1 aromatic rings. The number of hydrogen-bond donors (Lipinski definition) is 2. The maximum Gasteiger partial charge on any atom is 0.237 e. The highest BCUT2D eigenvalue weighted by Gasteiger charge is 2.10. The zero-order valence-corrected chi connectivity index (χ0v) is 9.23. The third-order valence-electron chi connectivity index (χ3n) is 2.04. The highest BCUT2D eigenvalue weighted by atomic mass is 32.1. The van der Waals surface area contributed by atoms with E-state index < -0.39 is 6.04 Å². The number of carbonyl (C=O) groups is 1. The van der Waals surface area contributed by atoms with Crippen LogP contribution >= 0.6 is 11.3 Å². The number of carbonyl (C=O) groups excluding carboxylic acids is 1. The quantitative estimate of drug-likeness (QED) is 0.777. The summed E-state index contributed by atoms with van der Waals surface area (Å²) in [4.78, 5) is 16.5. The molecule has 0 aliphatic heterocycles. The fourth-order valence-corrected chi connectivity index (χ4v) is 1.70. The van der Waals surface area contributed by atoms with Crippen molar-refractivity contribution in [2.75, 3.05) is 0 Å². The first kappa shape index (κ1) is 11.1. The topological polar surface area (TPSA) is 68.0 Å². The Hall–Kier alpha value is -0.940. The highest BCUT2D eigenvalue weighted by Crippen LogP contribution is 2.11. The van der Waals surface area contributed by atoms with Crippen LogP contribution in [0.4, 0.5) is 0 Å². The lowest BCUT2D eigenvalue weighted by Crippen LogP contribution is -2.39. The summed E-state index contributed by atoms with van der Waals surface area (Å²) in [7, 11) is 0. The molecule has 78 valence electrons. The van der Waals surface area contributed by atoms with Crippen LogP contribution in [-0.2, 0) is 11.3 Å². The van der Waals surface area contributed by atoms with Gasteiger partial charge in [-0.2, -0.15) is 0 Å². The molecule has 0 aliphatic rings. The summed E-state index contributed by atoms with van der Waals surface area (Å²) in [6, 6.07) is -0.400. The Morgan fingerprint density at radius 3 is 3.00 bits per heavy atom. The van der Waals surface area contributed by atoms with Crippen LogP contribution < -0.4 is 11.1 Å². The fourth-order valence-electron chi connectivity index (χ4n) is 0.980. The van der Waals surface area contributed by atoms with Gasteiger partial charge in [-0.05, 0) is 13.3 Å². The number of thiazole rings is 1. The van der Waals surface area contributed by atoms with Gasteiger partial charge < -0.3 is 11.1 Å². The Kier molecular flexibility index (Phi) is 4.03. The lowest BCUT2D eigenvalue weighted by atomic mass is 10.2. The summed E-state index contributed by atoms with van der Waals surface area (Å²) in [5.74, 6) is -0.0969. The van der Waals surface area contributed by atoms with Crippen molar-refractivity contribution in [3.05, 3.63) is 16.1 Å². The van der Waals surface area contributed by atoms with Gasteiger partial charge >= 0.3 is 0 Å². The molecule has 1 atom stereocenters. The molecule has 0 fully saturated rings. The van der Waals surface area contributed by atoms with E-state index in [1.54, 1.807) is 16.8 Å².